The van der Waals surface area contributed by atoms with E-state index in [0.29, 0.717) is 0 Å². The molecule has 0 fully saturated rings. The van der Waals surface area contributed by atoms with Crippen LogP contribution in [0.25, 0.3) is 11.3 Å². The minimum atomic E-state index is 0.0104. The van der Waals surface area contributed by atoms with E-state index in [4.69, 9.17) is 9.52 Å². The molecule has 1 N–H and O–H groups in total. The predicted molar refractivity (Wildman–Crippen MR) is 68.9 cm³/mol. The van der Waals surface area contributed by atoms with Gasteiger partial charge >= 0.3 is 0 Å². The summed E-state index contributed by atoms with van der Waals surface area (Å²) in [5, 5.41) is 9.05. The Labute approximate surface area is 102 Å². The van der Waals surface area contributed by atoms with Crippen LogP contribution in [0.5, 0.6) is 0 Å². The highest BCUT2D eigenvalue weighted by atomic mass is 16.3. The molecule has 1 aromatic carbocycles. The van der Waals surface area contributed by atoms with E-state index in [1.807, 2.05) is 12.1 Å². The van der Waals surface area contributed by atoms with E-state index in [9.17, 15) is 0 Å². The molecule has 17 heavy (non-hydrogen) atoms. The Morgan fingerprint density at radius 1 is 1.12 bits per heavy atom. The van der Waals surface area contributed by atoms with Crippen molar-refractivity contribution in [2.75, 3.05) is 6.61 Å². The third kappa shape index (κ3) is 2.59. The smallest absolute Gasteiger partial charge is 0.133 e. The zero-order valence-corrected chi connectivity index (χ0v) is 10.3. The van der Waals surface area contributed by atoms with E-state index in [-0.39, 0.29) is 12.0 Å². The molecule has 0 atom stereocenters. The van der Waals surface area contributed by atoms with E-state index in [0.717, 1.165) is 17.7 Å². The zero-order valence-electron chi connectivity index (χ0n) is 10.3. The van der Waals surface area contributed by atoms with Crippen molar-refractivity contribution in [2.45, 2.75) is 25.7 Å². The SMILES string of the molecule is CC(C)(CCO)c1ccc(-c2ccco2)cc1. The zero-order chi connectivity index (χ0) is 12.3. The molecule has 2 nitrogen and oxygen atoms in total. The molecular formula is C15H18O2. The predicted octanol–water partition coefficient (Wildman–Crippen LogP) is 3.61. The summed E-state index contributed by atoms with van der Waals surface area (Å²) in [6.07, 6.45) is 2.45. The molecule has 1 aromatic heterocycles. The van der Waals surface area contributed by atoms with Crippen LogP contribution in [0, 0.1) is 0 Å². The van der Waals surface area contributed by atoms with Crippen molar-refractivity contribution in [3.8, 4) is 11.3 Å². The lowest BCUT2D eigenvalue weighted by Gasteiger charge is -2.24. The van der Waals surface area contributed by atoms with Crippen LogP contribution < -0.4 is 0 Å². The Morgan fingerprint density at radius 2 is 1.82 bits per heavy atom. The van der Waals surface area contributed by atoms with Gasteiger partial charge in [-0.15, -0.1) is 0 Å². The maximum Gasteiger partial charge on any atom is 0.133 e. The maximum absolute atomic E-state index is 9.05. The van der Waals surface area contributed by atoms with Gasteiger partial charge in [0.05, 0.1) is 6.26 Å². The van der Waals surface area contributed by atoms with Gasteiger partial charge in [0, 0.05) is 12.2 Å². The maximum atomic E-state index is 9.05. The Morgan fingerprint density at radius 3 is 2.35 bits per heavy atom. The van der Waals surface area contributed by atoms with E-state index in [1.54, 1.807) is 6.26 Å². The second kappa shape index (κ2) is 4.76. The van der Waals surface area contributed by atoms with Crippen LogP contribution in [0.3, 0.4) is 0 Å². The van der Waals surface area contributed by atoms with Crippen LogP contribution in [0.1, 0.15) is 25.8 Å². The molecular weight excluding hydrogens is 212 g/mol. The van der Waals surface area contributed by atoms with Crippen molar-refractivity contribution in [1.29, 1.82) is 0 Å². The van der Waals surface area contributed by atoms with Crippen LogP contribution in [-0.4, -0.2) is 11.7 Å². The molecule has 0 spiro atoms. The summed E-state index contributed by atoms with van der Waals surface area (Å²) in [5.41, 5.74) is 2.33. The summed E-state index contributed by atoms with van der Waals surface area (Å²) in [7, 11) is 0. The molecule has 0 radical (unpaired) electrons. The quantitative estimate of drug-likeness (QED) is 0.870. The summed E-state index contributed by atoms with van der Waals surface area (Å²) in [5.74, 6) is 0.886. The Kier molecular flexibility index (Phi) is 3.34. The number of rotatable bonds is 4. The Hall–Kier alpha value is -1.54. The fourth-order valence-corrected chi connectivity index (χ4v) is 1.95. The Bertz CT molecular complexity index is 452. The molecule has 1 heterocycles. The van der Waals surface area contributed by atoms with E-state index in [1.165, 1.54) is 5.56 Å². The molecule has 90 valence electrons. The number of aliphatic hydroxyl groups is 1. The first-order valence-corrected chi connectivity index (χ1v) is 5.89. The highest BCUT2D eigenvalue weighted by molar-refractivity contribution is 5.57. The summed E-state index contributed by atoms with van der Waals surface area (Å²) in [6.45, 7) is 4.50. The Balaban J connectivity index is 2.24. The molecule has 2 aromatic rings. The molecule has 0 saturated heterocycles. The van der Waals surface area contributed by atoms with Gasteiger partial charge in [-0.25, -0.2) is 0 Å². The number of furan rings is 1. The van der Waals surface area contributed by atoms with Gasteiger partial charge in [0.15, 0.2) is 0 Å². The molecule has 0 aliphatic rings. The topological polar surface area (TPSA) is 33.4 Å². The van der Waals surface area contributed by atoms with Gasteiger partial charge in [0.2, 0.25) is 0 Å². The number of aliphatic hydroxyl groups excluding tert-OH is 1. The van der Waals surface area contributed by atoms with Crippen LogP contribution in [0.2, 0.25) is 0 Å². The van der Waals surface area contributed by atoms with E-state index >= 15 is 0 Å². The lowest BCUT2D eigenvalue weighted by Crippen LogP contribution is -2.18. The number of hydrogen-bond donors (Lipinski definition) is 1. The average molecular weight is 230 g/mol. The van der Waals surface area contributed by atoms with Crippen molar-refractivity contribution in [2.24, 2.45) is 0 Å². The molecule has 0 saturated carbocycles. The molecule has 0 aliphatic heterocycles. The molecule has 0 amide bonds. The monoisotopic (exact) mass is 230 g/mol. The number of benzene rings is 1. The van der Waals surface area contributed by atoms with Crippen LogP contribution in [0.4, 0.5) is 0 Å². The molecule has 0 unspecified atom stereocenters. The van der Waals surface area contributed by atoms with Gasteiger partial charge < -0.3 is 9.52 Å². The largest absolute Gasteiger partial charge is 0.464 e. The second-order valence-corrected chi connectivity index (χ2v) is 4.91. The van der Waals surface area contributed by atoms with Crippen molar-refractivity contribution in [1.82, 2.24) is 0 Å². The number of hydrogen-bond acceptors (Lipinski definition) is 2. The minimum absolute atomic E-state index is 0.0104. The first-order valence-electron chi connectivity index (χ1n) is 5.89. The van der Waals surface area contributed by atoms with Crippen LogP contribution in [0.15, 0.2) is 47.1 Å². The lowest BCUT2D eigenvalue weighted by atomic mass is 9.81. The third-order valence-corrected chi connectivity index (χ3v) is 3.21. The summed E-state index contributed by atoms with van der Waals surface area (Å²) in [4.78, 5) is 0. The van der Waals surface area contributed by atoms with E-state index in [2.05, 4.69) is 38.1 Å². The minimum Gasteiger partial charge on any atom is -0.464 e. The molecule has 0 aliphatic carbocycles. The third-order valence-electron chi connectivity index (χ3n) is 3.21. The summed E-state index contributed by atoms with van der Waals surface area (Å²) in [6, 6.07) is 12.2. The molecule has 2 rings (SSSR count). The van der Waals surface area contributed by atoms with Gasteiger partial charge in [0.25, 0.3) is 0 Å². The average Bonchev–Trinajstić information content (AvgIpc) is 2.82. The van der Waals surface area contributed by atoms with Gasteiger partial charge in [-0.3, -0.25) is 0 Å². The fourth-order valence-electron chi connectivity index (χ4n) is 1.95. The normalized spacial score (nSPS) is 11.7. The highest BCUT2D eigenvalue weighted by Crippen LogP contribution is 2.29. The lowest BCUT2D eigenvalue weighted by molar-refractivity contribution is 0.252. The first-order chi connectivity index (χ1) is 8.13. The van der Waals surface area contributed by atoms with Crippen LogP contribution in [-0.2, 0) is 5.41 Å². The van der Waals surface area contributed by atoms with E-state index < -0.39 is 0 Å². The van der Waals surface area contributed by atoms with Crippen molar-refractivity contribution in [3.05, 3.63) is 48.2 Å². The highest BCUT2D eigenvalue weighted by Gasteiger charge is 2.19. The van der Waals surface area contributed by atoms with Gasteiger partial charge in [0.1, 0.15) is 5.76 Å². The van der Waals surface area contributed by atoms with Crippen molar-refractivity contribution in [3.63, 3.8) is 0 Å². The molecule has 0 bridgehead atoms. The molecule has 2 heteroatoms. The van der Waals surface area contributed by atoms with Crippen molar-refractivity contribution < 1.29 is 9.52 Å². The summed E-state index contributed by atoms with van der Waals surface area (Å²) < 4.78 is 5.35. The summed E-state index contributed by atoms with van der Waals surface area (Å²) >= 11 is 0. The fraction of sp³-hybridized carbons (Fsp3) is 0.333. The van der Waals surface area contributed by atoms with Gasteiger partial charge in [-0.2, -0.15) is 0 Å². The van der Waals surface area contributed by atoms with Crippen molar-refractivity contribution >= 4 is 0 Å². The van der Waals surface area contributed by atoms with Gasteiger partial charge in [-0.05, 0) is 29.5 Å². The van der Waals surface area contributed by atoms with Gasteiger partial charge in [-0.1, -0.05) is 38.1 Å². The standard InChI is InChI=1S/C15H18O2/c1-15(2,9-10-16)13-7-5-12(6-8-13)14-4-3-11-17-14/h3-8,11,16H,9-10H2,1-2H3. The van der Waals surface area contributed by atoms with Crippen LogP contribution >= 0.6 is 0 Å². The first kappa shape index (κ1) is 11.9. The second-order valence-electron chi connectivity index (χ2n) is 4.91.